The Bertz CT molecular complexity index is 1150. The number of amides is 2. The molecule has 3 rings (SSSR count). The Morgan fingerprint density at radius 2 is 1.74 bits per heavy atom. The summed E-state index contributed by atoms with van der Waals surface area (Å²) in [6.45, 7) is 4.06. The van der Waals surface area contributed by atoms with E-state index in [-0.39, 0.29) is 37.7 Å². The number of hydrogen-bond donors (Lipinski definition) is 1. The van der Waals surface area contributed by atoms with E-state index in [1.807, 2.05) is 37.3 Å². The third-order valence-electron chi connectivity index (χ3n) is 5.15. The lowest BCUT2D eigenvalue weighted by atomic mass is 10.1. The zero-order valence-corrected chi connectivity index (χ0v) is 19.9. The van der Waals surface area contributed by atoms with Crippen molar-refractivity contribution in [2.24, 2.45) is 0 Å². The summed E-state index contributed by atoms with van der Waals surface area (Å²) in [4.78, 5) is 38.6. The number of aromatic nitrogens is 2. The first-order valence-corrected chi connectivity index (χ1v) is 11.6. The van der Waals surface area contributed by atoms with Crippen LogP contribution in [-0.2, 0) is 19.1 Å². The Morgan fingerprint density at radius 3 is 2.40 bits per heavy atom. The van der Waals surface area contributed by atoms with Gasteiger partial charge in [0.15, 0.2) is 0 Å². The van der Waals surface area contributed by atoms with Gasteiger partial charge in [-0.2, -0.15) is 5.10 Å². The van der Waals surface area contributed by atoms with Crippen molar-refractivity contribution in [1.29, 1.82) is 0 Å². The van der Waals surface area contributed by atoms with Crippen molar-refractivity contribution in [3.63, 3.8) is 0 Å². The molecule has 0 fully saturated rings. The predicted molar refractivity (Wildman–Crippen MR) is 130 cm³/mol. The Hall–Kier alpha value is -4.01. The molecule has 1 aromatic heterocycles. The number of esters is 1. The van der Waals surface area contributed by atoms with Crippen LogP contribution in [0.1, 0.15) is 33.1 Å². The van der Waals surface area contributed by atoms with Crippen LogP contribution in [0.4, 0.5) is 10.2 Å². The Kier molecular flexibility index (Phi) is 9.11. The number of benzene rings is 2. The lowest BCUT2D eigenvalue weighted by Crippen LogP contribution is -2.39. The van der Waals surface area contributed by atoms with Gasteiger partial charge in [-0.05, 0) is 37.6 Å². The van der Waals surface area contributed by atoms with Crippen LogP contribution in [0.3, 0.4) is 0 Å². The molecule has 184 valence electrons. The number of carbonyl (C=O) groups is 3. The number of nitrogens with one attached hydrogen (secondary N) is 1. The zero-order chi connectivity index (χ0) is 25.2. The summed E-state index contributed by atoms with van der Waals surface area (Å²) < 4.78 is 19.9. The van der Waals surface area contributed by atoms with Crippen LogP contribution in [0.5, 0.6) is 0 Å². The summed E-state index contributed by atoms with van der Waals surface area (Å²) in [5.74, 6) is -1.15. The molecule has 0 atom stereocenters. The molecule has 0 bridgehead atoms. The van der Waals surface area contributed by atoms with Crippen molar-refractivity contribution >= 4 is 23.6 Å². The van der Waals surface area contributed by atoms with E-state index in [9.17, 15) is 18.8 Å². The van der Waals surface area contributed by atoms with Gasteiger partial charge < -0.3 is 15.0 Å². The maximum Gasteiger partial charge on any atom is 0.306 e. The smallest absolute Gasteiger partial charge is 0.306 e. The summed E-state index contributed by atoms with van der Waals surface area (Å²) in [5, 5.41) is 7.42. The average Bonchev–Trinajstić information content (AvgIpc) is 3.27. The molecule has 3 aromatic rings. The van der Waals surface area contributed by atoms with E-state index in [0.717, 1.165) is 5.56 Å². The number of halogens is 1. The first-order chi connectivity index (χ1) is 16.9. The molecule has 2 amide bonds. The van der Waals surface area contributed by atoms with Gasteiger partial charge in [-0.1, -0.05) is 37.3 Å². The molecule has 0 saturated heterocycles. The predicted octanol–water partition coefficient (Wildman–Crippen LogP) is 4.20. The van der Waals surface area contributed by atoms with E-state index in [0.29, 0.717) is 30.2 Å². The van der Waals surface area contributed by atoms with E-state index in [1.165, 1.54) is 21.7 Å². The number of ether oxygens (including phenoxy) is 1. The SMILES string of the molecule is CCCN(CC(=O)Nc1cc(-c2ccccc2)nn1-c1ccc(F)cc1)C(=O)CCC(=O)OCC. The van der Waals surface area contributed by atoms with E-state index in [1.54, 1.807) is 25.1 Å². The molecule has 0 spiro atoms. The highest BCUT2D eigenvalue weighted by Gasteiger charge is 2.20. The Morgan fingerprint density at radius 1 is 1.03 bits per heavy atom. The van der Waals surface area contributed by atoms with Crippen molar-refractivity contribution in [3.8, 4) is 16.9 Å². The third-order valence-corrected chi connectivity index (χ3v) is 5.15. The largest absolute Gasteiger partial charge is 0.466 e. The topological polar surface area (TPSA) is 93.5 Å². The number of nitrogens with zero attached hydrogens (tertiary/aromatic N) is 3. The van der Waals surface area contributed by atoms with Crippen LogP contribution < -0.4 is 5.32 Å². The first-order valence-electron chi connectivity index (χ1n) is 11.6. The van der Waals surface area contributed by atoms with E-state index in [2.05, 4.69) is 10.4 Å². The average molecular weight is 481 g/mol. The summed E-state index contributed by atoms with van der Waals surface area (Å²) in [5.41, 5.74) is 2.05. The fraction of sp³-hybridized carbons (Fsp3) is 0.308. The minimum atomic E-state index is -0.446. The van der Waals surface area contributed by atoms with E-state index in [4.69, 9.17) is 4.74 Å². The molecular formula is C26H29FN4O4. The van der Waals surface area contributed by atoms with E-state index >= 15 is 0 Å². The molecule has 0 radical (unpaired) electrons. The van der Waals surface area contributed by atoms with Crippen molar-refractivity contribution in [2.75, 3.05) is 25.0 Å². The van der Waals surface area contributed by atoms with Crippen LogP contribution in [0.15, 0.2) is 60.7 Å². The van der Waals surface area contributed by atoms with Crippen LogP contribution in [0, 0.1) is 5.82 Å². The summed E-state index contributed by atoms with van der Waals surface area (Å²) in [6.07, 6.45) is 0.591. The summed E-state index contributed by atoms with van der Waals surface area (Å²) in [7, 11) is 0. The molecule has 1 heterocycles. The second-order valence-electron chi connectivity index (χ2n) is 7.84. The molecule has 0 saturated carbocycles. The van der Waals surface area contributed by atoms with Gasteiger partial charge in [0.2, 0.25) is 11.8 Å². The highest BCUT2D eigenvalue weighted by atomic mass is 19.1. The van der Waals surface area contributed by atoms with Gasteiger partial charge in [-0.25, -0.2) is 9.07 Å². The lowest BCUT2D eigenvalue weighted by molar-refractivity contribution is -0.145. The summed E-state index contributed by atoms with van der Waals surface area (Å²) in [6, 6.07) is 16.9. The maximum atomic E-state index is 13.5. The molecular weight excluding hydrogens is 451 g/mol. The van der Waals surface area contributed by atoms with Crippen LogP contribution in [-0.4, -0.2) is 52.2 Å². The molecule has 0 unspecified atom stereocenters. The van der Waals surface area contributed by atoms with Crippen molar-refractivity contribution in [1.82, 2.24) is 14.7 Å². The minimum Gasteiger partial charge on any atom is -0.466 e. The fourth-order valence-electron chi connectivity index (χ4n) is 3.52. The number of hydrogen-bond acceptors (Lipinski definition) is 5. The van der Waals surface area contributed by atoms with Crippen molar-refractivity contribution < 1.29 is 23.5 Å². The highest BCUT2D eigenvalue weighted by molar-refractivity contribution is 5.95. The molecule has 8 nitrogen and oxygen atoms in total. The normalized spacial score (nSPS) is 10.6. The van der Waals surface area contributed by atoms with Gasteiger partial charge in [0.1, 0.15) is 11.6 Å². The Labute approximate surface area is 203 Å². The van der Waals surface area contributed by atoms with Gasteiger partial charge in [-0.3, -0.25) is 14.4 Å². The molecule has 9 heteroatoms. The first kappa shape index (κ1) is 25.6. The van der Waals surface area contributed by atoms with Crippen LogP contribution >= 0.6 is 0 Å². The minimum absolute atomic E-state index is 0.0300. The fourth-order valence-corrected chi connectivity index (χ4v) is 3.52. The van der Waals surface area contributed by atoms with Gasteiger partial charge in [0.05, 0.1) is 31.0 Å². The molecule has 0 aliphatic rings. The summed E-state index contributed by atoms with van der Waals surface area (Å²) >= 11 is 0. The zero-order valence-electron chi connectivity index (χ0n) is 19.9. The standard InChI is InChI=1S/C26H29FN4O4/c1-3-16-30(25(33)14-15-26(34)35-4-2)18-24(32)28-23-17-22(19-8-6-5-7-9-19)29-31(23)21-12-10-20(27)11-13-21/h5-13,17H,3-4,14-16,18H2,1-2H3,(H,28,32). The van der Waals surface area contributed by atoms with Crippen LogP contribution in [0.25, 0.3) is 16.9 Å². The molecule has 0 aliphatic heterocycles. The molecule has 2 aromatic carbocycles. The number of anilines is 1. The van der Waals surface area contributed by atoms with Gasteiger partial charge in [-0.15, -0.1) is 0 Å². The van der Waals surface area contributed by atoms with E-state index < -0.39 is 11.9 Å². The second kappa shape index (κ2) is 12.5. The number of rotatable bonds is 11. The maximum absolute atomic E-state index is 13.5. The Balaban J connectivity index is 1.78. The second-order valence-corrected chi connectivity index (χ2v) is 7.84. The third kappa shape index (κ3) is 7.23. The molecule has 35 heavy (non-hydrogen) atoms. The number of carbonyl (C=O) groups excluding carboxylic acids is 3. The highest BCUT2D eigenvalue weighted by Crippen LogP contribution is 2.25. The lowest BCUT2D eigenvalue weighted by Gasteiger charge is -2.21. The quantitative estimate of drug-likeness (QED) is 0.415. The van der Waals surface area contributed by atoms with Gasteiger partial charge in [0.25, 0.3) is 0 Å². The van der Waals surface area contributed by atoms with Gasteiger partial charge in [0, 0.05) is 24.6 Å². The van der Waals surface area contributed by atoms with Gasteiger partial charge >= 0.3 is 5.97 Å². The van der Waals surface area contributed by atoms with Crippen molar-refractivity contribution in [3.05, 3.63) is 66.5 Å². The molecule has 0 aliphatic carbocycles. The van der Waals surface area contributed by atoms with Crippen LogP contribution in [0.2, 0.25) is 0 Å². The molecule has 1 N–H and O–H groups in total. The van der Waals surface area contributed by atoms with Crippen molar-refractivity contribution in [2.45, 2.75) is 33.1 Å². The monoisotopic (exact) mass is 480 g/mol.